The molecule has 0 unspecified atom stereocenters. The molecule has 0 spiro atoms. The number of benzene rings is 1. The van der Waals surface area contributed by atoms with Crippen molar-refractivity contribution >= 4 is 5.69 Å². The molecule has 0 N–H and O–H groups in total. The number of ether oxygens (including phenoxy) is 2. The molecule has 1 aromatic heterocycles. The second-order valence-corrected chi connectivity index (χ2v) is 6.45. The van der Waals surface area contributed by atoms with Crippen molar-refractivity contribution in [3.8, 4) is 22.6 Å². The van der Waals surface area contributed by atoms with Crippen molar-refractivity contribution in [1.29, 1.82) is 0 Å². The van der Waals surface area contributed by atoms with Crippen LogP contribution >= 0.6 is 0 Å². The van der Waals surface area contributed by atoms with E-state index in [1.807, 2.05) is 6.92 Å². The molecule has 138 valence electrons. The maximum absolute atomic E-state index is 12.0. The molecule has 7 heteroatoms. The zero-order valence-corrected chi connectivity index (χ0v) is 14.9. The van der Waals surface area contributed by atoms with Gasteiger partial charge in [0.25, 0.3) is 11.2 Å². The first kappa shape index (κ1) is 18.0. The number of aromatic nitrogens is 1. The zero-order valence-electron chi connectivity index (χ0n) is 14.9. The van der Waals surface area contributed by atoms with Gasteiger partial charge in [-0.15, -0.1) is 0 Å². The molecule has 0 aliphatic heterocycles. The van der Waals surface area contributed by atoms with Gasteiger partial charge in [-0.1, -0.05) is 12.8 Å². The van der Waals surface area contributed by atoms with Gasteiger partial charge in [-0.3, -0.25) is 14.9 Å². The minimum atomic E-state index is -0.445. The molecule has 1 aliphatic rings. The number of pyridine rings is 1. The van der Waals surface area contributed by atoms with Crippen molar-refractivity contribution in [2.45, 2.75) is 26.2 Å². The van der Waals surface area contributed by atoms with Gasteiger partial charge in [-0.2, -0.15) is 0 Å². The van der Waals surface area contributed by atoms with E-state index in [2.05, 4.69) is 0 Å². The highest BCUT2D eigenvalue weighted by Gasteiger charge is 2.22. The highest BCUT2D eigenvalue weighted by Crippen LogP contribution is 2.39. The fraction of sp³-hybridized carbons (Fsp3) is 0.421. The number of nitrogens with zero attached hydrogens (tertiary/aromatic N) is 2. The van der Waals surface area contributed by atoms with Gasteiger partial charge < -0.3 is 14.0 Å². The Morgan fingerprint density at radius 1 is 1.19 bits per heavy atom. The summed E-state index contributed by atoms with van der Waals surface area (Å²) in [6, 6.07) is 5.90. The second-order valence-electron chi connectivity index (χ2n) is 6.45. The number of nitro groups is 1. The first-order valence-corrected chi connectivity index (χ1v) is 8.74. The van der Waals surface area contributed by atoms with Crippen LogP contribution in [0.3, 0.4) is 0 Å². The quantitative estimate of drug-likeness (QED) is 0.532. The second kappa shape index (κ2) is 7.59. The number of aryl methyl sites for hydroxylation is 1. The summed E-state index contributed by atoms with van der Waals surface area (Å²) in [6.07, 6.45) is 5.08. The van der Waals surface area contributed by atoms with Crippen LogP contribution in [0.25, 0.3) is 11.1 Å². The fourth-order valence-corrected chi connectivity index (χ4v) is 2.80. The van der Waals surface area contributed by atoms with E-state index < -0.39 is 4.92 Å². The maximum atomic E-state index is 12.0. The van der Waals surface area contributed by atoms with E-state index in [1.165, 1.54) is 35.6 Å². The lowest BCUT2D eigenvalue weighted by atomic mass is 10.0. The van der Waals surface area contributed by atoms with Crippen LogP contribution in [-0.4, -0.2) is 22.7 Å². The van der Waals surface area contributed by atoms with E-state index in [0.29, 0.717) is 35.8 Å². The number of hydrogen-bond acceptors (Lipinski definition) is 5. The SMILES string of the molecule is CCOc1cc(=O)n(C)cc1-c1cc([N+](=O)[O-])ccc1OCCC1CC1. The predicted molar refractivity (Wildman–Crippen MR) is 97.8 cm³/mol. The summed E-state index contributed by atoms with van der Waals surface area (Å²) in [7, 11) is 1.63. The molecule has 0 atom stereocenters. The lowest BCUT2D eigenvalue weighted by Gasteiger charge is -2.15. The summed E-state index contributed by atoms with van der Waals surface area (Å²) in [5.74, 6) is 1.67. The molecule has 1 aliphatic carbocycles. The minimum Gasteiger partial charge on any atom is -0.493 e. The van der Waals surface area contributed by atoms with E-state index in [1.54, 1.807) is 19.3 Å². The van der Waals surface area contributed by atoms with Crippen LogP contribution in [0, 0.1) is 16.0 Å². The Kier molecular flexibility index (Phi) is 5.25. The number of nitro benzene ring substituents is 1. The van der Waals surface area contributed by atoms with Crippen molar-refractivity contribution < 1.29 is 14.4 Å². The number of rotatable bonds is 8. The molecular formula is C19H22N2O5. The van der Waals surface area contributed by atoms with E-state index in [4.69, 9.17) is 9.47 Å². The van der Waals surface area contributed by atoms with Crippen LogP contribution in [-0.2, 0) is 7.05 Å². The van der Waals surface area contributed by atoms with Crippen LogP contribution in [0.15, 0.2) is 35.3 Å². The van der Waals surface area contributed by atoms with Gasteiger partial charge in [0, 0.05) is 42.6 Å². The van der Waals surface area contributed by atoms with Gasteiger partial charge in [0.05, 0.1) is 18.1 Å². The molecule has 26 heavy (non-hydrogen) atoms. The molecule has 1 aromatic carbocycles. The van der Waals surface area contributed by atoms with Crippen molar-refractivity contribution in [2.24, 2.45) is 13.0 Å². The average molecular weight is 358 g/mol. The molecule has 1 heterocycles. The highest BCUT2D eigenvalue weighted by atomic mass is 16.6. The topological polar surface area (TPSA) is 83.6 Å². The molecule has 2 aromatic rings. The molecule has 0 radical (unpaired) electrons. The largest absolute Gasteiger partial charge is 0.493 e. The Morgan fingerprint density at radius 2 is 1.96 bits per heavy atom. The predicted octanol–water partition coefficient (Wildman–Crippen LogP) is 3.54. The van der Waals surface area contributed by atoms with Crippen molar-refractivity contribution in [3.63, 3.8) is 0 Å². The number of hydrogen-bond donors (Lipinski definition) is 0. The minimum absolute atomic E-state index is 0.0363. The maximum Gasteiger partial charge on any atom is 0.270 e. The Bertz CT molecular complexity index is 871. The molecule has 0 saturated heterocycles. The van der Waals surface area contributed by atoms with Gasteiger partial charge in [0.2, 0.25) is 0 Å². The van der Waals surface area contributed by atoms with E-state index in [-0.39, 0.29) is 11.2 Å². The standard InChI is InChI=1S/C19H22N2O5/c1-3-25-18-11-19(22)20(2)12-16(18)15-10-14(21(23)24)6-7-17(15)26-9-8-13-4-5-13/h6-7,10-13H,3-5,8-9H2,1-2H3. The van der Waals surface area contributed by atoms with Crippen LogP contribution < -0.4 is 15.0 Å². The van der Waals surface area contributed by atoms with E-state index in [9.17, 15) is 14.9 Å². The van der Waals surface area contributed by atoms with Crippen LogP contribution in [0.4, 0.5) is 5.69 Å². The third kappa shape index (κ3) is 4.04. The molecule has 0 amide bonds. The lowest BCUT2D eigenvalue weighted by molar-refractivity contribution is -0.384. The first-order chi connectivity index (χ1) is 12.5. The molecule has 1 saturated carbocycles. The van der Waals surface area contributed by atoms with Gasteiger partial charge >= 0.3 is 0 Å². The fourth-order valence-electron chi connectivity index (χ4n) is 2.80. The van der Waals surface area contributed by atoms with E-state index in [0.717, 1.165) is 12.3 Å². The summed E-state index contributed by atoms with van der Waals surface area (Å²) in [5, 5.41) is 11.2. The van der Waals surface area contributed by atoms with Crippen molar-refractivity contribution in [3.05, 3.63) is 50.9 Å². The van der Waals surface area contributed by atoms with Gasteiger partial charge in [-0.05, 0) is 25.3 Å². The van der Waals surface area contributed by atoms with Crippen molar-refractivity contribution in [2.75, 3.05) is 13.2 Å². The molecular weight excluding hydrogens is 336 g/mol. The summed E-state index contributed by atoms with van der Waals surface area (Å²) in [6.45, 7) is 2.76. The summed E-state index contributed by atoms with van der Waals surface area (Å²) >= 11 is 0. The van der Waals surface area contributed by atoms with Gasteiger partial charge in [0.1, 0.15) is 11.5 Å². The summed E-state index contributed by atoms with van der Waals surface area (Å²) < 4.78 is 12.9. The number of non-ortho nitro benzene ring substituents is 1. The highest BCUT2D eigenvalue weighted by molar-refractivity contribution is 5.77. The van der Waals surface area contributed by atoms with Crippen molar-refractivity contribution in [1.82, 2.24) is 4.57 Å². The Balaban J connectivity index is 2.04. The Morgan fingerprint density at radius 3 is 2.62 bits per heavy atom. The molecule has 1 fully saturated rings. The van der Waals surface area contributed by atoms with Crippen LogP contribution in [0.2, 0.25) is 0 Å². The smallest absolute Gasteiger partial charge is 0.270 e. The van der Waals surface area contributed by atoms with Crippen LogP contribution in [0.1, 0.15) is 26.2 Å². The zero-order chi connectivity index (χ0) is 18.7. The third-order valence-corrected chi connectivity index (χ3v) is 4.43. The molecule has 7 nitrogen and oxygen atoms in total. The van der Waals surface area contributed by atoms with Gasteiger partial charge in [-0.25, -0.2) is 0 Å². The molecule has 0 bridgehead atoms. The normalized spacial score (nSPS) is 13.5. The summed E-state index contributed by atoms with van der Waals surface area (Å²) in [4.78, 5) is 22.7. The van der Waals surface area contributed by atoms with E-state index >= 15 is 0 Å². The summed E-state index contributed by atoms with van der Waals surface area (Å²) in [5.41, 5.74) is 0.901. The van der Waals surface area contributed by atoms with Gasteiger partial charge in [0.15, 0.2) is 0 Å². The lowest BCUT2D eigenvalue weighted by Crippen LogP contribution is -2.16. The molecule has 3 rings (SSSR count). The monoisotopic (exact) mass is 358 g/mol. The van der Waals surface area contributed by atoms with Crippen LogP contribution in [0.5, 0.6) is 11.5 Å². The Labute approximate surface area is 151 Å². The first-order valence-electron chi connectivity index (χ1n) is 8.74. The third-order valence-electron chi connectivity index (χ3n) is 4.43. The average Bonchev–Trinajstić information content (AvgIpc) is 3.42. The Hall–Kier alpha value is -2.83.